The van der Waals surface area contributed by atoms with E-state index < -0.39 is 23.7 Å². The van der Waals surface area contributed by atoms with Gasteiger partial charge in [-0.15, -0.1) is 0 Å². The Hall–Kier alpha value is -2.04. The molecule has 1 rings (SSSR count). The summed E-state index contributed by atoms with van der Waals surface area (Å²) in [5, 5.41) is 11.6. The first-order valence-electron chi connectivity index (χ1n) is 7.02. The van der Waals surface area contributed by atoms with Crippen LogP contribution in [-0.2, 0) is 16.0 Å². The van der Waals surface area contributed by atoms with Gasteiger partial charge >= 0.3 is 12.1 Å². The fourth-order valence-electron chi connectivity index (χ4n) is 1.63. The molecule has 0 heterocycles. The molecule has 1 aromatic rings. The molecule has 0 spiro atoms. The number of carboxylic acid groups (broad SMARTS) is 1. The average Bonchev–Trinajstić information content (AvgIpc) is 2.36. The van der Waals surface area contributed by atoms with Gasteiger partial charge in [-0.25, -0.2) is 9.59 Å². The molecule has 0 aliphatic carbocycles. The Morgan fingerprint density at radius 2 is 2.05 bits per heavy atom. The summed E-state index contributed by atoms with van der Waals surface area (Å²) >= 11 is 0. The van der Waals surface area contributed by atoms with Crippen LogP contribution in [0.4, 0.5) is 4.79 Å². The Kier molecular flexibility index (Phi) is 4.61. The highest BCUT2D eigenvalue weighted by atomic mass is 16.6. The van der Waals surface area contributed by atoms with Crippen molar-refractivity contribution in [3.63, 3.8) is 0 Å². The van der Waals surface area contributed by atoms with Gasteiger partial charge < -0.3 is 15.2 Å². The van der Waals surface area contributed by atoms with Gasteiger partial charge in [-0.2, -0.15) is 0 Å². The number of carboxylic acids is 1. The number of carbonyl (C=O) groups is 2. The van der Waals surface area contributed by atoms with E-state index in [4.69, 9.17) is 6.11 Å². The van der Waals surface area contributed by atoms with E-state index in [1.807, 2.05) is 0 Å². The standard InChI is InChI=1S/C15H21NO4/c1-10-7-5-6-8-11(10)9-12(13(17)18)16-14(19)20-15(2,3)4/h5-8,12H,9H2,1-4H3,(H,16,19)(H,17,18)/t12-/m0/s1/i1D. The Labute approximate surface area is 120 Å². The smallest absolute Gasteiger partial charge is 0.408 e. The summed E-state index contributed by atoms with van der Waals surface area (Å²) in [6.07, 6.45) is -0.651. The van der Waals surface area contributed by atoms with Crippen molar-refractivity contribution in [1.29, 1.82) is 0 Å². The van der Waals surface area contributed by atoms with Crippen LogP contribution in [0, 0.1) is 6.90 Å². The summed E-state index contributed by atoms with van der Waals surface area (Å²) in [7, 11) is 0. The van der Waals surface area contributed by atoms with Gasteiger partial charge in [-0.05, 0) is 38.8 Å². The number of alkyl carbamates (subject to hydrolysis) is 1. The van der Waals surface area contributed by atoms with E-state index in [1.165, 1.54) is 0 Å². The van der Waals surface area contributed by atoms with Crippen LogP contribution in [0.1, 0.15) is 33.3 Å². The molecule has 0 unspecified atom stereocenters. The number of hydrogen-bond acceptors (Lipinski definition) is 3. The highest BCUT2D eigenvalue weighted by Crippen LogP contribution is 2.11. The number of hydrogen-bond donors (Lipinski definition) is 2. The van der Waals surface area contributed by atoms with Crippen molar-refractivity contribution in [2.45, 2.75) is 45.7 Å². The zero-order valence-electron chi connectivity index (χ0n) is 13.0. The molecule has 0 bridgehead atoms. The van der Waals surface area contributed by atoms with Gasteiger partial charge in [-0.1, -0.05) is 24.3 Å². The van der Waals surface area contributed by atoms with Crippen LogP contribution in [0.25, 0.3) is 0 Å². The van der Waals surface area contributed by atoms with Gasteiger partial charge in [0.1, 0.15) is 11.6 Å². The molecule has 0 aromatic heterocycles. The number of aliphatic carboxylic acids is 1. The van der Waals surface area contributed by atoms with Crippen LogP contribution in [0.15, 0.2) is 24.3 Å². The number of nitrogens with one attached hydrogen (secondary N) is 1. The van der Waals surface area contributed by atoms with E-state index in [0.29, 0.717) is 0 Å². The minimum Gasteiger partial charge on any atom is -0.480 e. The molecular weight excluding hydrogens is 258 g/mol. The van der Waals surface area contributed by atoms with Gasteiger partial charge in [0, 0.05) is 7.79 Å². The summed E-state index contributed by atoms with van der Waals surface area (Å²) in [5.74, 6) is -1.14. The van der Waals surface area contributed by atoms with Gasteiger partial charge in [0.05, 0.1) is 0 Å². The lowest BCUT2D eigenvalue weighted by Gasteiger charge is -2.22. The van der Waals surface area contributed by atoms with Crippen molar-refractivity contribution in [3.8, 4) is 0 Å². The monoisotopic (exact) mass is 280 g/mol. The normalized spacial score (nSPS) is 13.2. The lowest BCUT2D eigenvalue weighted by atomic mass is 10.0. The zero-order valence-corrected chi connectivity index (χ0v) is 12.0. The largest absolute Gasteiger partial charge is 0.480 e. The predicted molar refractivity (Wildman–Crippen MR) is 75.7 cm³/mol. The molecule has 0 saturated heterocycles. The van der Waals surface area contributed by atoms with Gasteiger partial charge in [0.25, 0.3) is 0 Å². The Morgan fingerprint density at radius 3 is 2.60 bits per heavy atom. The fraction of sp³-hybridized carbons (Fsp3) is 0.467. The van der Waals surface area contributed by atoms with Crippen molar-refractivity contribution in [1.82, 2.24) is 5.32 Å². The quantitative estimate of drug-likeness (QED) is 0.888. The second kappa shape index (κ2) is 6.41. The maximum atomic E-state index is 11.7. The number of rotatable bonds is 4. The number of benzene rings is 1. The fourth-order valence-corrected chi connectivity index (χ4v) is 1.63. The summed E-state index contributed by atoms with van der Waals surface area (Å²) < 4.78 is 12.5. The highest BCUT2D eigenvalue weighted by molar-refractivity contribution is 5.80. The predicted octanol–water partition coefficient (Wildman–Crippen LogP) is 2.52. The number of carbonyl (C=O) groups excluding carboxylic acids is 1. The zero-order chi connectivity index (χ0) is 16.0. The van der Waals surface area contributed by atoms with E-state index in [1.54, 1.807) is 45.0 Å². The van der Waals surface area contributed by atoms with Crippen molar-refractivity contribution in [3.05, 3.63) is 35.4 Å². The van der Waals surface area contributed by atoms with Crippen LogP contribution in [0.3, 0.4) is 0 Å². The molecule has 20 heavy (non-hydrogen) atoms. The molecule has 0 saturated carbocycles. The lowest BCUT2D eigenvalue weighted by Crippen LogP contribution is -2.44. The Balaban J connectivity index is 2.79. The maximum absolute atomic E-state index is 11.7. The molecule has 0 radical (unpaired) electrons. The van der Waals surface area contributed by atoms with Crippen LogP contribution < -0.4 is 5.32 Å². The molecule has 0 fully saturated rings. The van der Waals surface area contributed by atoms with Crippen molar-refractivity contribution >= 4 is 12.1 Å². The molecule has 110 valence electrons. The van der Waals surface area contributed by atoms with E-state index >= 15 is 0 Å². The lowest BCUT2D eigenvalue weighted by molar-refractivity contribution is -0.139. The summed E-state index contributed by atoms with van der Waals surface area (Å²) in [4.78, 5) is 23.0. The molecule has 5 heteroatoms. The summed E-state index contributed by atoms with van der Waals surface area (Å²) in [6, 6.07) is 6.02. The topological polar surface area (TPSA) is 75.6 Å². The highest BCUT2D eigenvalue weighted by Gasteiger charge is 2.24. The van der Waals surface area contributed by atoms with E-state index in [2.05, 4.69) is 5.32 Å². The molecule has 1 atom stereocenters. The summed E-state index contributed by atoms with van der Waals surface area (Å²) in [5.41, 5.74) is 0.789. The molecule has 1 amide bonds. The van der Waals surface area contributed by atoms with Crippen LogP contribution in [0.2, 0.25) is 0 Å². The van der Waals surface area contributed by atoms with E-state index in [0.717, 1.165) is 11.1 Å². The Morgan fingerprint density at radius 1 is 1.40 bits per heavy atom. The van der Waals surface area contributed by atoms with Crippen molar-refractivity contribution in [2.75, 3.05) is 0 Å². The Bertz CT molecular complexity index is 511. The van der Waals surface area contributed by atoms with Crippen LogP contribution >= 0.6 is 0 Å². The van der Waals surface area contributed by atoms with Gasteiger partial charge in [-0.3, -0.25) is 0 Å². The maximum Gasteiger partial charge on any atom is 0.408 e. The van der Waals surface area contributed by atoms with Gasteiger partial charge in [0.15, 0.2) is 0 Å². The van der Waals surface area contributed by atoms with E-state index in [9.17, 15) is 14.7 Å². The number of aryl methyl sites for hydroxylation is 1. The third kappa shape index (κ3) is 5.30. The minimum atomic E-state index is -1.14. The third-order valence-electron chi connectivity index (χ3n) is 2.53. The molecule has 0 aliphatic heterocycles. The van der Waals surface area contributed by atoms with Crippen LogP contribution in [0.5, 0.6) is 0 Å². The van der Waals surface area contributed by atoms with Crippen molar-refractivity contribution < 1.29 is 20.8 Å². The first kappa shape index (κ1) is 14.4. The van der Waals surface area contributed by atoms with E-state index in [-0.39, 0.29) is 13.3 Å². The second-order valence-corrected chi connectivity index (χ2v) is 5.51. The second-order valence-electron chi connectivity index (χ2n) is 5.51. The molecular formula is C15H21NO4. The number of ether oxygens (including phenoxy) is 1. The first-order chi connectivity index (χ1) is 9.73. The average molecular weight is 280 g/mol. The van der Waals surface area contributed by atoms with Gasteiger partial charge in [0.2, 0.25) is 0 Å². The number of amides is 1. The molecule has 1 aromatic carbocycles. The van der Waals surface area contributed by atoms with Crippen LogP contribution in [-0.4, -0.2) is 28.8 Å². The minimum absolute atomic E-state index is 0.0644. The van der Waals surface area contributed by atoms with Crippen molar-refractivity contribution in [2.24, 2.45) is 0 Å². The molecule has 5 nitrogen and oxygen atoms in total. The molecule has 0 aliphatic rings. The SMILES string of the molecule is [2H]Cc1ccccc1C[C@H](NC(=O)OC(C)(C)C)C(=O)O. The first-order valence-corrected chi connectivity index (χ1v) is 6.31. The molecule has 2 N–H and O–H groups in total. The third-order valence-corrected chi connectivity index (χ3v) is 2.53. The summed E-state index contributed by atoms with van der Waals surface area (Å²) in [6.45, 7) is 5.18.